The van der Waals surface area contributed by atoms with Crippen LogP contribution in [0.5, 0.6) is 0 Å². The fourth-order valence-corrected chi connectivity index (χ4v) is 4.94. The summed E-state index contributed by atoms with van der Waals surface area (Å²) >= 11 is -0.143. The zero-order valence-electron chi connectivity index (χ0n) is 10.0. The van der Waals surface area contributed by atoms with E-state index in [0.29, 0.717) is 0 Å². The van der Waals surface area contributed by atoms with E-state index in [0.717, 1.165) is 0 Å². The van der Waals surface area contributed by atoms with Crippen molar-refractivity contribution in [3.63, 3.8) is 0 Å². The zero-order chi connectivity index (χ0) is 11.8. The first kappa shape index (κ1) is 13.8. The molecule has 0 radical (unpaired) electrons. The molecule has 0 amide bonds. The van der Waals surface area contributed by atoms with Crippen molar-refractivity contribution in [3.8, 4) is 0 Å². The fourth-order valence-electron chi connectivity index (χ4n) is 1.38. The summed E-state index contributed by atoms with van der Waals surface area (Å²) in [4.78, 5) is 0. The van der Waals surface area contributed by atoms with E-state index in [1.165, 1.54) is 26.5 Å². The van der Waals surface area contributed by atoms with E-state index in [4.69, 9.17) is 0 Å². The molecule has 0 heterocycles. The topological polar surface area (TPSA) is 20.2 Å². The van der Waals surface area contributed by atoms with Gasteiger partial charge in [0.2, 0.25) is 0 Å². The van der Waals surface area contributed by atoms with Gasteiger partial charge in [-0.3, -0.25) is 0 Å². The quantitative estimate of drug-likeness (QED) is 0.626. The van der Waals surface area contributed by atoms with Crippen LogP contribution in [0.15, 0.2) is 36.4 Å². The molecule has 0 saturated heterocycles. The van der Waals surface area contributed by atoms with E-state index >= 15 is 0 Å². The van der Waals surface area contributed by atoms with E-state index in [1.54, 1.807) is 0 Å². The van der Waals surface area contributed by atoms with Crippen molar-refractivity contribution in [1.29, 1.82) is 0 Å². The van der Waals surface area contributed by atoms with Gasteiger partial charge >= 0.3 is 109 Å². The van der Waals surface area contributed by atoms with Crippen molar-refractivity contribution in [2.75, 3.05) is 0 Å². The molecule has 1 nitrogen and oxygen atoms in total. The summed E-state index contributed by atoms with van der Waals surface area (Å²) in [6.45, 7) is 4.06. The van der Waals surface area contributed by atoms with Crippen LogP contribution in [0.3, 0.4) is 0 Å². The molecular weight excluding hydrogens is 312 g/mol. The van der Waals surface area contributed by atoms with Gasteiger partial charge in [-0.05, 0) is 0 Å². The Morgan fingerprint density at radius 3 is 2.62 bits per heavy atom. The molecule has 0 aliphatic carbocycles. The Labute approximate surface area is 109 Å². The van der Waals surface area contributed by atoms with Crippen LogP contribution in [0, 0.1) is 0 Å². The van der Waals surface area contributed by atoms with Gasteiger partial charge in [0, 0.05) is 0 Å². The summed E-state index contributed by atoms with van der Waals surface area (Å²) in [7, 11) is 0. The van der Waals surface area contributed by atoms with Gasteiger partial charge in [0.05, 0.1) is 0 Å². The summed E-state index contributed by atoms with van der Waals surface area (Å²) in [5, 5.41) is 9.49. The Kier molecular flexibility index (Phi) is 6.80. The van der Waals surface area contributed by atoms with E-state index in [-0.39, 0.29) is 27.0 Å². The molecule has 0 unspecified atom stereocenters. The summed E-state index contributed by atoms with van der Waals surface area (Å²) in [6.07, 6.45) is 4.27. The summed E-state index contributed by atoms with van der Waals surface area (Å²) < 4.78 is 2.73. The second kappa shape index (κ2) is 7.90. The van der Waals surface area contributed by atoms with Gasteiger partial charge in [-0.25, -0.2) is 0 Å². The molecule has 88 valence electrons. The van der Waals surface area contributed by atoms with Crippen molar-refractivity contribution >= 4 is 24.5 Å². The number of rotatable bonds is 6. The fraction of sp³-hybridized carbons (Fsp3) is 0.429. The second-order valence-corrected chi connectivity index (χ2v) is 7.08. The Balaban J connectivity index is 2.72. The van der Waals surface area contributed by atoms with Gasteiger partial charge < -0.3 is 0 Å². The molecular formula is C14H20OTe. The molecule has 1 N–H and O–H groups in total. The Morgan fingerprint density at radius 2 is 2.06 bits per heavy atom. The van der Waals surface area contributed by atoms with Gasteiger partial charge in [0.15, 0.2) is 0 Å². The van der Waals surface area contributed by atoms with Gasteiger partial charge in [-0.15, -0.1) is 0 Å². The van der Waals surface area contributed by atoms with E-state index < -0.39 is 0 Å². The number of hydrogen-bond acceptors (Lipinski definition) is 1. The van der Waals surface area contributed by atoms with Crippen LogP contribution < -0.4 is 0 Å². The van der Waals surface area contributed by atoms with Crippen LogP contribution in [0.2, 0.25) is 4.47 Å². The molecule has 0 saturated carbocycles. The van der Waals surface area contributed by atoms with Crippen molar-refractivity contribution in [3.05, 3.63) is 42.0 Å². The van der Waals surface area contributed by atoms with Crippen LogP contribution >= 0.6 is 0 Å². The SMILES string of the molecule is CCCC[Te]/C(=C\[C@H](C)O)c1ccccc1. The first-order valence-corrected chi connectivity index (χ1v) is 8.63. The molecule has 0 spiro atoms. The van der Waals surface area contributed by atoms with Gasteiger partial charge in [0.25, 0.3) is 0 Å². The van der Waals surface area contributed by atoms with Crippen LogP contribution in [-0.4, -0.2) is 32.1 Å². The average Bonchev–Trinajstić information content (AvgIpc) is 2.29. The second-order valence-electron chi connectivity index (χ2n) is 3.84. The Hall–Kier alpha value is -0.290. The first-order valence-electron chi connectivity index (χ1n) is 5.82. The summed E-state index contributed by atoms with van der Waals surface area (Å²) in [6, 6.07) is 10.5. The normalized spacial score (nSPS) is 13.8. The molecule has 0 aliphatic rings. The third-order valence-electron chi connectivity index (χ3n) is 2.21. The molecule has 16 heavy (non-hydrogen) atoms. The summed E-state index contributed by atoms with van der Waals surface area (Å²) in [5.41, 5.74) is 1.29. The number of hydrogen-bond donors (Lipinski definition) is 1. The molecule has 1 rings (SSSR count). The molecule has 2 heteroatoms. The first-order chi connectivity index (χ1) is 7.74. The molecule has 0 aromatic heterocycles. The predicted octanol–water partition coefficient (Wildman–Crippen LogP) is 3.33. The molecule has 0 fully saturated rings. The number of aliphatic hydroxyl groups is 1. The minimum atomic E-state index is -0.332. The maximum absolute atomic E-state index is 9.49. The van der Waals surface area contributed by atoms with E-state index in [2.05, 4.69) is 31.2 Å². The average molecular weight is 332 g/mol. The monoisotopic (exact) mass is 334 g/mol. The van der Waals surface area contributed by atoms with Gasteiger partial charge in [0.1, 0.15) is 0 Å². The molecule has 0 bridgehead atoms. The minimum absolute atomic E-state index is 0.143. The Morgan fingerprint density at radius 1 is 1.38 bits per heavy atom. The molecule has 0 aliphatic heterocycles. The van der Waals surface area contributed by atoms with Crippen LogP contribution in [-0.2, 0) is 0 Å². The van der Waals surface area contributed by atoms with E-state index in [9.17, 15) is 5.11 Å². The van der Waals surface area contributed by atoms with Crippen molar-refractivity contribution in [2.45, 2.75) is 37.3 Å². The van der Waals surface area contributed by atoms with Crippen molar-refractivity contribution < 1.29 is 5.11 Å². The standard InChI is InChI=1S/C14H20OTe/c1-3-4-10-16-14(11-12(2)15)13-8-6-5-7-9-13/h5-9,11-12,15H,3-4,10H2,1-2H3/b14-11-/t12-/m0/s1. The maximum atomic E-state index is 9.49. The van der Waals surface area contributed by atoms with Crippen molar-refractivity contribution in [1.82, 2.24) is 0 Å². The van der Waals surface area contributed by atoms with Crippen LogP contribution in [0.4, 0.5) is 0 Å². The number of unbranched alkanes of at least 4 members (excludes halogenated alkanes) is 1. The number of aliphatic hydroxyl groups excluding tert-OH is 1. The summed E-state index contributed by atoms with van der Waals surface area (Å²) in [5.74, 6) is 0. The zero-order valence-corrected chi connectivity index (χ0v) is 12.3. The van der Waals surface area contributed by atoms with Gasteiger partial charge in [-0.2, -0.15) is 0 Å². The van der Waals surface area contributed by atoms with Crippen LogP contribution in [0.1, 0.15) is 32.3 Å². The van der Waals surface area contributed by atoms with E-state index in [1.807, 2.05) is 19.1 Å². The van der Waals surface area contributed by atoms with Crippen LogP contribution in [0.25, 0.3) is 3.62 Å². The molecule has 1 atom stereocenters. The third-order valence-corrected chi connectivity index (χ3v) is 5.56. The number of benzene rings is 1. The van der Waals surface area contributed by atoms with Gasteiger partial charge in [-0.1, -0.05) is 0 Å². The molecule has 1 aromatic carbocycles. The molecule has 1 aromatic rings. The Bertz CT molecular complexity index is 317. The third kappa shape index (κ3) is 5.16. The van der Waals surface area contributed by atoms with Crippen molar-refractivity contribution in [2.24, 2.45) is 0 Å². The predicted molar refractivity (Wildman–Crippen MR) is 71.6 cm³/mol.